The van der Waals surface area contributed by atoms with Gasteiger partial charge in [-0.1, -0.05) is 29.0 Å². The van der Waals surface area contributed by atoms with E-state index >= 15 is 0 Å². The molecule has 11 heavy (non-hydrogen) atoms. The van der Waals surface area contributed by atoms with Crippen LogP contribution in [0.3, 0.4) is 0 Å². The molecule has 1 saturated heterocycles. The van der Waals surface area contributed by atoms with Crippen LogP contribution >= 0.6 is 22.6 Å². The summed E-state index contributed by atoms with van der Waals surface area (Å²) in [4.78, 5) is 13.3. The molecule has 1 aliphatic rings. The summed E-state index contributed by atoms with van der Waals surface area (Å²) in [7, 11) is 0. The highest BCUT2D eigenvalue weighted by Gasteiger charge is 2.14. The van der Waals surface area contributed by atoms with Crippen LogP contribution in [0.5, 0.6) is 0 Å². The summed E-state index contributed by atoms with van der Waals surface area (Å²) in [6.07, 6.45) is 4.29. The van der Waals surface area contributed by atoms with Gasteiger partial charge in [0, 0.05) is 23.9 Å². The topological polar surface area (TPSA) is 20.3 Å². The number of amides is 1. The Bertz CT molecular complexity index is 138. The smallest absolute Gasteiger partial charge is 0.222 e. The van der Waals surface area contributed by atoms with E-state index in [9.17, 15) is 4.79 Å². The number of likely N-dealkylation sites (tertiary alicyclic amines) is 1. The van der Waals surface area contributed by atoms with Crippen LogP contribution in [0.15, 0.2) is 0 Å². The number of alkyl halides is 1. The summed E-state index contributed by atoms with van der Waals surface area (Å²) in [6.45, 7) is 1.93. The summed E-state index contributed by atoms with van der Waals surface area (Å²) >= 11 is 2.32. The Kier molecular flexibility index (Phi) is 4.18. The van der Waals surface area contributed by atoms with Gasteiger partial charge in [-0.15, -0.1) is 0 Å². The lowest BCUT2D eigenvalue weighted by Crippen LogP contribution is -2.31. The molecule has 0 bridgehead atoms. The predicted octanol–water partition coefficient (Wildman–Crippen LogP) is 1.82. The van der Waals surface area contributed by atoms with Crippen molar-refractivity contribution in [2.45, 2.75) is 25.7 Å². The van der Waals surface area contributed by atoms with Gasteiger partial charge < -0.3 is 4.90 Å². The van der Waals surface area contributed by atoms with Gasteiger partial charge in [0.25, 0.3) is 0 Å². The molecule has 0 N–H and O–H groups in total. The van der Waals surface area contributed by atoms with E-state index in [2.05, 4.69) is 22.6 Å². The third-order valence-corrected chi connectivity index (χ3v) is 2.51. The molecule has 0 aromatic carbocycles. The molecule has 0 saturated carbocycles. The molecular formula is C8H14INO. The third kappa shape index (κ3) is 2.97. The number of hydrogen-bond donors (Lipinski definition) is 0. The van der Waals surface area contributed by atoms with Crippen LogP contribution in [0.2, 0.25) is 0 Å². The molecule has 1 rings (SSSR count). The van der Waals surface area contributed by atoms with Gasteiger partial charge >= 0.3 is 0 Å². The van der Waals surface area contributed by atoms with Crippen molar-refractivity contribution in [3.8, 4) is 0 Å². The molecule has 0 spiro atoms. The second-order valence-electron chi connectivity index (χ2n) is 2.88. The fraction of sp³-hybridized carbons (Fsp3) is 0.875. The monoisotopic (exact) mass is 267 g/mol. The van der Waals surface area contributed by atoms with Gasteiger partial charge in [0.15, 0.2) is 0 Å². The normalized spacial score (nSPS) is 20.1. The minimum atomic E-state index is 0.360. The molecule has 0 aromatic heterocycles. The first-order valence-corrected chi connectivity index (χ1v) is 5.71. The summed E-state index contributed by atoms with van der Waals surface area (Å²) in [5, 5.41) is 0. The van der Waals surface area contributed by atoms with Crippen molar-refractivity contribution < 1.29 is 4.79 Å². The highest BCUT2D eigenvalue weighted by Crippen LogP contribution is 2.10. The molecule has 0 radical (unpaired) electrons. The largest absolute Gasteiger partial charge is 0.342 e. The molecule has 0 unspecified atom stereocenters. The van der Waals surface area contributed by atoms with E-state index in [-0.39, 0.29) is 0 Å². The molecule has 1 amide bonds. The Balaban J connectivity index is 2.39. The fourth-order valence-electron chi connectivity index (χ4n) is 1.38. The van der Waals surface area contributed by atoms with Crippen molar-refractivity contribution in [1.82, 2.24) is 4.90 Å². The Morgan fingerprint density at radius 1 is 1.36 bits per heavy atom. The van der Waals surface area contributed by atoms with Crippen LogP contribution in [0.25, 0.3) is 0 Å². The Morgan fingerprint density at radius 3 is 2.91 bits per heavy atom. The fourth-order valence-corrected chi connectivity index (χ4v) is 1.96. The molecule has 64 valence electrons. The van der Waals surface area contributed by atoms with Gasteiger partial charge in [-0.3, -0.25) is 4.79 Å². The van der Waals surface area contributed by atoms with E-state index in [4.69, 9.17) is 0 Å². The summed E-state index contributed by atoms with van der Waals surface area (Å²) < 4.78 is 1.06. The second kappa shape index (κ2) is 4.95. The van der Waals surface area contributed by atoms with Gasteiger partial charge in [-0.25, -0.2) is 0 Å². The Labute approximate surface area is 81.5 Å². The van der Waals surface area contributed by atoms with Crippen molar-refractivity contribution in [3.63, 3.8) is 0 Å². The molecule has 2 nitrogen and oxygen atoms in total. The number of rotatable bonds is 2. The minimum Gasteiger partial charge on any atom is -0.342 e. The van der Waals surface area contributed by atoms with Crippen LogP contribution in [0, 0.1) is 0 Å². The standard InChI is InChI=1S/C8H14INO/c9-5-7-10-6-3-1-2-4-8(10)11/h1-7H2. The zero-order valence-electron chi connectivity index (χ0n) is 6.68. The number of carbonyl (C=O) groups excluding carboxylic acids is 1. The maximum Gasteiger partial charge on any atom is 0.222 e. The molecule has 1 fully saturated rings. The number of halogens is 1. The van der Waals surface area contributed by atoms with Gasteiger partial charge in [0.2, 0.25) is 5.91 Å². The lowest BCUT2D eigenvalue weighted by Gasteiger charge is -2.18. The first-order valence-electron chi connectivity index (χ1n) is 4.18. The average molecular weight is 267 g/mol. The van der Waals surface area contributed by atoms with Crippen LogP contribution in [0.1, 0.15) is 25.7 Å². The highest BCUT2D eigenvalue weighted by molar-refractivity contribution is 14.1. The maximum atomic E-state index is 11.3. The zero-order valence-corrected chi connectivity index (χ0v) is 8.84. The highest BCUT2D eigenvalue weighted by atomic mass is 127. The first kappa shape index (κ1) is 9.29. The number of nitrogens with zero attached hydrogens (tertiary/aromatic N) is 1. The maximum absolute atomic E-state index is 11.3. The van der Waals surface area contributed by atoms with Crippen molar-refractivity contribution in [3.05, 3.63) is 0 Å². The second-order valence-corrected chi connectivity index (χ2v) is 3.96. The van der Waals surface area contributed by atoms with Gasteiger partial charge in [0.1, 0.15) is 0 Å². The molecule has 0 aromatic rings. The Hall–Kier alpha value is 0.200. The minimum absolute atomic E-state index is 0.360. The Morgan fingerprint density at radius 2 is 2.18 bits per heavy atom. The lowest BCUT2D eigenvalue weighted by atomic mass is 10.2. The number of carbonyl (C=O) groups is 1. The number of hydrogen-bond acceptors (Lipinski definition) is 1. The van der Waals surface area contributed by atoms with Crippen LogP contribution < -0.4 is 0 Å². The SMILES string of the molecule is O=C1CCCCCN1CCI. The van der Waals surface area contributed by atoms with Crippen molar-refractivity contribution in [1.29, 1.82) is 0 Å². The molecule has 3 heteroatoms. The summed E-state index contributed by atoms with van der Waals surface area (Å²) in [5.41, 5.74) is 0. The van der Waals surface area contributed by atoms with Crippen LogP contribution in [0.4, 0.5) is 0 Å². The zero-order chi connectivity index (χ0) is 8.10. The van der Waals surface area contributed by atoms with Crippen molar-refractivity contribution >= 4 is 28.5 Å². The molecule has 0 aliphatic carbocycles. The first-order chi connectivity index (χ1) is 5.34. The van der Waals surface area contributed by atoms with Gasteiger partial charge in [-0.2, -0.15) is 0 Å². The summed E-state index contributed by atoms with van der Waals surface area (Å²) in [5.74, 6) is 0.360. The van der Waals surface area contributed by atoms with Crippen LogP contribution in [-0.4, -0.2) is 28.3 Å². The molecule has 1 aliphatic heterocycles. The van der Waals surface area contributed by atoms with E-state index in [1.165, 1.54) is 12.8 Å². The average Bonchev–Trinajstić information content (AvgIpc) is 2.18. The van der Waals surface area contributed by atoms with Crippen molar-refractivity contribution in [2.24, 2.45) is 0 Å². The molecule has 0 atom stereocenters. The molecular weight excluding hydrogens is 253 g/mol. The van der Waals surface area contributed by atoms with Crippen molar-refractivity contribution in [2.75, 3.05) is 17.5 Å². The lowest BCUT2D eigenvalue weighted by molar-refractivity contribution is -0.130. The van der Waals surface area contributed by atoms with E-state index in [0.717, 1.165) is 30.4 Å². The van der Waals surface area contributed by atoms with E-state index in [0.29, 0.717) is 5.91 Å². The van der Waals surface area contributed by atoms with Gasteiger partial charge in [0.05, 0.1) is 0 Å². The van der Waals surface area contributed by atoms with E-state index < -0.39 is 0 Å². The van der Waals surface area contributed by atoms with E-state index in [1.54, 1.807) is 0 Å². The third-order valence-electron chi connectivity index (χ3n) is 2.03. The molecule has 1 heterocycles. The van der Waals surface area contributed by atoms with E-state index in [1.807, 2.05) is 4.90 Å². The summed E-state index contributed by atoms with van der Waals surface area (Å²) in [6, 6.07) is 0. The quantitative estimate of drug-likeness (QED) is 0.552. The predicted molar refractivity (Wildman–Crippen MR) is 53.9 cm³/mol. The van der Waals surface area contributed by atoms with Crippen LogP contribution in [-0.2, 0) is 4.79 Å². The van der Waals surface area contributed by atoms with Gasteiger partial charge in [-0.05, 0) is 12.8 Å².